The number of methoxy groups -OCH3 is 1. The summed E-state index contributed by atoms with van der Waals surface area (Å²) in [6, 6.07) is 9.28. The molecule has 198 valence electrons. The van der Waals surface area contributed by atoms with E-state index in [4.69, 9.17) is 25.5 Å². The number of nitrogens with two attached hydrogens (primary N) is 1. The van der Waals surface area contributed by atoms with Gasteiger partial charge in [0.1, 0.15) is 23.6 Å². The molecule has 12 heteroatoms. The number of amides is 1. The van der Waals surface area contributed by atoms with E-state index in [1.165, 1.54) is 6.33 Å². The third-order valence-electron chi connectivity index (χ3n) is 6.07. The minimum atomic E-state index is -0.833. The lowest BCUT2D eigenvalue weighted by atomic mass is 10.1. The summed E-state index contributed by atoms with van der Waals surface area (Å²) in [5.41, 5.74) is 10.3. The Hall–Kier alpha value is -4.58. The topological polar surface area (TPSA) is 170 Å². The van der Waals surface area contributed by atoms with Crippen LogP contribution in [0.3, 0.4) is 0 Å². The number of pyridine rings is 1. The van der Waals surface area contributed by atoms with E-state index in [1.807, 2.05) is 23.7 Å². The van der Waals surface area contributed by atoms with Gasteiger partial charge in [0.2, 0.25) is 0 Å². The van der Waals surface area contributed by atoms with E-state index in [-0.39, 0.29) is 11.9 Å². The fraction of sp³-hybridized carbons (Fsp3) is 0.308. The Bertz CT molecular complexity index is 1440. The lowest BCUT2D eigenvalue weighted by molar-refractivity contribution is -0.134. The number of hydrogen-bond donors (Lipinski definition) is 4. The summed E-state index contributed by atoms with van der Waals surface area (Å²) in [4.78, 5) is 34.6. The zero-order valence-corrected chi connectivity index (χ0v) is 21.4. The Morgan fingerprint density at radius 1 is 1.16 bits per heavy atom. The number of aliphatic carboxylic acids is 1. The zero-order valence-electron chi connectivity index (χ0n) is 21.4. The van der Waals surface area contributed by atoms with E-state index < -0.39 is 5.97 Å². The first-order valence-corrected chi connectivity index (χ1v) is 12.1. The van der Waals surface area contributed by atoms with E-state index in [2.05, 4.69) is 25.6 Å². The Morgan fingerprint density at radius 3 is 2.55 bits per heavy atom. The molecule has 4 aromatic rings. The summed E-state index contributed by atoms with van der Waals surface area (Å²) < 4.78 is 7.56. The quantitative estimate of drug-likeness (QED) is 0.308. The van der Waals surface area contributed by atoms with Crippen molar-refractivity contribution in [2.45, 2.75) is 32.7 Å². The minimum absolute atomic E-state index is 0.232. The van der Waals surface area contributed by atoms with Gasteiger partial charge in [-0.1, -0.05) is 6.07 Å². The van der Waals surface area contributed by atoms with Gasteiger partial charge in [0, 0.05) is 24.4 Å². The highest BCUT2D eigenvalue weighted by Crippen LogP contribution is 2.37. The van der Waals surface area contributed by atoms with Crippen molar-refractivity contribution < 1.29 is 19.4 Å². The summed E-state index contributed by atoms with van der Waals surface area (Å²) in [7, 11) is 1.56. The van der Waals surface area contributed by atoms with Crippen molar-refractivity contribution in [1.82, 2.24) is 30.0 Å². The van der Waals surface area contributed by atoms with Gasteiger partial charge in [-0.2, -0.15) is 5.10 Å². The van der Waals surface area contributed by atoms with Crippen molar-refractivity contribution in [1.29, 1.82) is 0 Å². The van der Waals surface area contributed by atoms with Crippen LogP contribution in [0, 0.1) is 6.92 Å². The first-order chi connectivity index (χ1) is 18.3. The van der Waals surface area contributed by atoms with Crippen LogP contribution >= 0.6 is 0 Å². The molecule has 5 N–H and O–H groups in total. The summed E-state index contributed by atoms with van der Waals surface area (Å²) in [5, 5.41) is 19.3. The van der Waals surface area contributed by atoms with Gasteiger partial charge < -0.3 is 26.2 Å². The minimum Gasteiger partial charge on any atom is -0.495 e. The average Bonchev–Trinajstić information content (AvgIpc) is 3.30. The molecule has 1 aliphatic rings. The second-order valence-electron chi connectivity index (χ2n) is 8.81. The largest absolute Gasteiger partial charge is 0.495 e. The molecule has 1 amide bonds. The van der Waals surface area contributed by atoms with Crippen LogP contribution in [0.15, 0.2) is 42.9 Å². The number of aryl methyl sites for hydroxylation is 1. The molecule has 0 saturated carbocycles. The zero-order chi connectivity index (χ0) is 27.2. The number of piperidine rings is 1. The number of ether oxygens (including phenoxy) is 1. The monoisotopic (exact) mass is 518 g/mol. The molecule has 0 unspecified atom stereocenters. The number of benzene rings is 1. The molecule has 12 nitrogen and oxygen atoms in total. The van der Waals surface area contributed by atoms with Gasteiger partial charge in [0.15, 0.2) is 5.65 Å². The molecule has 0 bridgehead atoms. The Balaban J connectivity index is 0.000000786. The van der Waals surface area contributed by atoms with Crippen molar-refractivity contribution in [2.24, 2.45) is 0 Å². The maximum absolute atomic E-state index is 12.7. The standard InChI is InChI=1S/C24H26N8O2.C2H4O2/c1-14-3-4-16(12-27-14)24(33)30-18-6-5-15(11-19(18)34-2)21-20-22(25)28-13-29-23(20)32(31-21)17-7-9-26-10-8-17;1-2(3)4/h3-6,11-13,17,26H,7-10H2,1-2H3,(H,30,33)(H2,25,28,29);1H3,(H,3,4). The maximum atomic E-state index is 12.7. The number of carbonyl (C=O) groups excluding carboxylic acids is 1. The van der Waals surface area contributed by atoms with Gasteiger partial charge >= 0.3 is 0 Å². The number of carbonyl (C=O) groups is 2. The van der Waals surface area contributed by atoms with Crippen LogP contribution in [0.25, 0.3) is 22.3 Å². The number of carboxylic acid groups (broad SMARTS) is 1. The van der Waals surface area contributed by atoms with Crippen LogP contribution in [0.5, 0.6) is 5.75 Å². The lowest BCUT2D eigenvalue weighted by Gasteiger charge is -2.23. The van der Waals surface area contributed by atoms with Crippen LogP contribution in [0.4, 0.5) is 11.5 Å². The second kappa shape index (κ2) is 11.6. The summed E-state index contributed by atoms with van der Waals surface area (Å²) >= 11 is 0. The van der Waals surface area contributed by atoms with Gasteiger partial charge in [-0.25, -0.2) is 14.6 Å². The summed E-state index contributed by atoms with van der Waals surface area (Å²) in [6.45, 7) is 4.82. The van der Waals surface area contributed by atoms with Gasteiger partial charge in [-0.3, -0.25) is 14.6 Å². The molecule has 1 aliphatic heterocycles. The van der Waals surface area contributed by atoms with Gasteiger partial charge in [-0.15, -0.1) is 0 Å². The normalized spacial score (nSPS) is 13.4. The number of hydrogen-bond acceptors (Lipinski definition) is 9. The number of nitrogens with one attached hydrogen (secondary N) is 2. The molecule has 5 rings (SSSR count). The number of fused-ring (bicyclic) bond motifs is 1. The fourth-order valence-electron chi connectivity index (χ4n) is 4.24. The third kappa shape index (κ3) is 5.86. The van der Waals surface area contributed by atoms with Crippen LogP contribution in [0.2, 0.25) is 0 Å². The van der Waals surface area contributed by atoms with E-state index in [1.54, 1.807) is 31.5 Å². The molecular formula is C26H30N8O4. The van der Waals surface area contributed by atoms with Crippen molar-refractivity contribution in [2.75, 3.05) is 31.2 Å². The van der Waals surface area contributed by atoms with Crippen molar-refractivity contribution >= 4 is 34.4 Å². The van der Waals surface area contributed by atoms with Crippen LogP contribution < -0.4 is 21.1 Å². The first-order valence-electron chi connectivity index (χ1n) is 12.1. The first kappa shape index (κ1) is 26.5. The van der Waals surface area contributed by atoms with Crippen molar-refractivity contribution in [3.63, 3.8) is 0 Å². The molecule has 1 saturated heterocycles. The number of nitrogen functional groups attached to an aromatic ring is 1. The maximum Gasteiger partial charge on any atom is 0.300 e. The Labute approximate surface area is 219 Å². The van der Waals surface area contributed by atoms with E-state index >= 15 is 0 Å². The van der Waals surface area contributed by atoms with Crippen LogP contribution in [0.1, 0.15) is 41.9 Å². The lowest BCUT2D eigenvalue weighted by Crippen LogP contribution is -2.30. The molecule has 1 fully saturated rings. The molecule has 3 aromatic heterocycles. The predicted octanol–water partition coefficient (Wildman–Crippen LogP) is 3.06. The van der Waals surface area contributed by atoms with Crippen molar-refractivity contribution in [3.8, 4) is 17.0 Å². The molecular weight excluding hydrogens is 488 g/mol. The summed E-state index contributed by atoms with van der Waals surface area (Å²) in [5.74, 6) is -0.217. The van der Waals surface area contributed by atoms with Crippen molar-refractivity contribution in [3.05, 3.63) is 54.1 Å². The molecule has 0 atom stereocenters. The highest BCUT2D eigenvalue weighted by Gasteiger charge is 2.24. The second-order valence-corrected chi connectivity index (χ2v) is 8.81. The van der Waals surface area contributed by atoms with Gasteiger partial charge in [0.05, 0.1) is 29.8 Å². The number of aromatic nitrogens is 5. The van der Waals surface area contributed by atoms with E-state index in [9.17, 15) is 4.79 Å². The number of anilines is 2. The van der Waals surface area contributed by atoms with Crippen LogP contribution in [-0.4, -0.2) is 61.9 Å². The van der Waals surface area contributed by atoms with E-state index in [0.29, 0.717) is 33.9 Å². The predicted molar refractivity (Wildman–Crippen MR) is 143 cm³/mol. The smallest absolute Gasteiger partial charge is 0.300 e. The SMILES string of the molecule is CC(=O)O.COc1cc(-c2nn(C3CCNCC3)c3ncnc(N)c23)ccc1NC(=O)c1ccc(C)nc1. The molecule has 0 radical (unpaired) electrons. The third-order valence-corrected chi connectivity index (χ3v) is 6.07. The van der Waals surface area contributed by atoms with Crippen LogP contribution in [-0.2, 0) is 4.79 Å². The molecule has 38 heavy (non-hydrogen) atoms. The number of nitrogens with zero attached hydrogens (tertiary/aromatic N) is 5. The summed E-state index contributed by atoms with van der Waals surface area (Å²) in [6.07, 6.45) is 4.94. The van der Waals surface area contributed by atoms with Gasteiger partial charge in [-0.05, 0) is 57.1 Å². The Kier molecular flexibility index (Phi) is 8.12. The Morgan fingerprint density at radius 2 is 1.89 bits per heavy atom. The number of carboxylic acids is 1. The highest BCUT2D eigenvalue weighted by atomic mass is 16.5. The number of rotatable bonds is 5. The highest BCUT2D eigenvalue weighted by molar-refractivity contribution is 6.05. The average molecular weight is 519 g/mol. The molecule has 4 heterocycles. The molecule has 0 aliphatic carbocycles. The molecule has 1 aromatic carbocycles. The van der Waals surface area contributed by atoms with Gasteiger partial charge in [0.25, 0.3) is 11.9 Å². The van der Waals surface area contributed by atoms with E-state index in [0.717, 1.165) is 49.8 Å². The molecule has 0 spiro atoms. The fourth-order valence-corrected chi connectivity index (χ4v) is 4.24.